The molecule has 0 radical (unpaired) electrons. The summed E-state index contributed by atoms with van der Waals surface area (Å²) in [5.41, 5.74) is -0.596. The van der Waals surface area contributed by atoms with Crippen molar-refractivity contribution in [3.8, 4) is 0 Å². The van der Waals surface area contributed by atoms with Crippen LogP contribution in [0.15, 0.2) is 30.3 Å². The Kier molecular flexibility index (Phi) is 5.78. The Labute approximate surface area is 176 Å². The zero-order valence-electron chi connectivity index (χ0n) is 16.5. The zero-order valence-corrected chi connectivity index (χ0v) is 16.5. The van der Waals surface area contributed by atoms with Crippen molar-refractivity contribution in [1.82, 2.24) is 10.4 Å². The molecule has 1 aliphatic rings. The lowest BCUT2D eigenvalue weighted by atomic mass is 10.1. The first kappa shape index (κ1) is 23.3. The average Bonchev–Trinajstić information content (AvgIpc) is 3.06. The predicted octanol–water partition coefficient (Wildman–Crippen LogP) is 3.84. The molecule has 2 aromatic rings. The fourth-order valence-corrected chi connectivity index (χ4v) is 3.17. The van der Waals surface area contributed by atoms with Gasteiger partial charge in [0.25, 0.3) is 5.91 Å². The first-order valence-corrected chi connectivity index (χ1v) is 8.97. The van der Waals surface area contributed by atoms with E-state index < -0.39 is 53.6 Å². The smallest absolute Gasteiger partial charge is 0.314 e. The van der Waals surface area contributed by atoms with E-state index in [2.05, 4.69) is 10.4 Å². The Bertz CT molecular complexity index is 1070. The number of hydrazine groups is 1. The summed E-state index contributed by atoms with van der Waals surface area (Å²) < 4.78 is 91.6. The second-order valence-electron chi connectivity index (χ2n) is 7.04. The van der Waals surface area contributed by atoms with Crippen LogP contribution in [-0.4, -0.2) is 29.9 Å². The topological polar surface area (TPSA) is 65.5 Å². The van der Waals surface area contributed by atoms with E-state index in [1.165, 1.54) is 6.92 Å². The highest BCUT2D eigenvalue weighted by Gasteiger charge is 2.41. The molecule has 2 heterocycles. The Morgan fingerprint density at radius 2 is 1.78 bits per heavy atom. The highest BCUT2D eigenvalue weighted by molar-refractivity contribution is 6.03. The molecular weight excluding hydrogens is 449 g/mol. The van der Waals surface area contributed by atoms with E-state index in [0.29, 0.717) is 18.2 Å². The molecule has 0 saturated carbocycles. The number of carbonyl (C=O) groups excluding carboxylic acids is 2. The number of likely N-dealkylation sites (N-methyl/N-ethyl adjacent to an activating group) is 1. The van der Waals surface area contributed by atoms with Gasteiger partial charge in [-0.25, -0.2) is 9.37 Å². The molecule has 172 valence electrons. The van der Waals surface area contributed by atoms with Gasteiger partial charge in [-0.15, -0.1) is 0 Å². The molecule has 1 unspecified atom stereocenters. The lowest BCUT2D eigenvalue weighted by Crippen LogP contribution is -2.48. The molecule has 1 saturated heterocycles. The van der Waals surface area contributed by atoms with Crippen LogP contribution in [0.3, 0.4) is 0 Å². The van der Waals surface area contributed by atoms with Gasteiger partial charge < -0.3 is 4.90 Å². The van der Waals surface area contributed by atoms with Crippen molar-refractivity contribution in [1.29, 1.82) is 0 Å². The van der Waals surface area contributed by atoms with Gasteiger partial charge >= 0.3 is 12.4 Å². The summed E-state index contributed by atoms with van der Waals surface area (Å²) in [7, 11) is 1.14. The summed E-state index contributed by atoms with van der Waals surface area (Å²) in [6.45, 7) is 1.30. The number of anilines is 2. The molecule has 32 heavy (non-hydrogen) atoms. The molecule has 0 spiro atoms. The molecule has 13 heteroatoms. The molecule has 2 amide bonds. The highest BCUT2D eigenvalue weighted by atomic mass is 19.4. The largest absolute Gasteiger partial charge is 0.419 e. The van der Waals surface area contributed by atoms with Crippen molar-refractivity contribution in [2.45, 2.75) is 31.7 Å². The lowest BCUT2D eigenvalue weighted by Gasteiger charge is -2.28. The van der Waals surface area contributed by atoms with Crippen LogP contribution in [0.5, 0.6) is 0 Å². The van der Waals surface area contributed by atoms with Gasteiger partial charge in [-0.3, -0.25) is 20.0 Å². The van der Waals surface area contributed by atoms with Crippen LogP contribution in [0, 0.1) is 12.7 Å². The molecule has 1 aliphatic heterocycles. The Morgan fingerprint density at radius 1 is 1.12 bits per heavy atom. The number of aryl methyl sites for hydroxylation is 1. The van der Waals surface area contributed by atoms with Crippen LogP contribution < -0.4 is 15.3 Å². The van der Waals surface area contributed by atoms with Crippen LogP contribution >= 0.6 is 0 Å². The molecule has 0 aliphatic carbocycles. The summed E-state index contributed by atoms with van der Waals surface area (Å²) >= 11 is 0. The van der Waals surface area contributed by atoms with Gasteiger partial charge in [0.05, 0.1) is 17.5 Å². The zero-order chi connectivity index (χ0) is 24.0. The van der Waals surface area contributed by atoms with E-state index in [0.717, 1.165) is 29.1 Å². The third-order valence-corrected chi connectivity index (χ3v) is 4.71. The maximum Gasteiger partial charge on any atom is 0.419 e. The molecule has 1 aromatic carbocycles. The van der Waals surface area contributed by atoms with Gasteiger partial charge in [0.2, 0.25) is 5.91 Å². The monoisotopic (exact) mass is 464 g/mol. The van der Waals surface area contributed by atoms with Crippen LogP contribution in [-0.2, 0) is 21.9 Å². The minimum absolute atomic E-state index is 0.0275. The number of nitrogens with one attached hydrogen (secondary N) is 1. The summed E-state index contributed by atoms with van der Waals surface area (Å²) in [6.07, 6.45) is -10.1. The van der Waals surface area contributed by atoms with Crippen molar-refractivity contribution in [2.75, 3.05) is 17.0 Å². The molecule has 0 bridgehead atoms. The van der Waals surface area contributed by atoms with Gasteiger partial charge in [0.1, 0.15) is 17.7 Å². The number of alkyl halides is 6. The number of pyridine rings is 1. The predicted molar refractivity (Wildman–Crippen MR) is 97.8 cm³/mol. The number of aromatic nitrogens is 1. The minimum Gasteiger partial charge on any atom is -0.314 e. The standard InChI is InChI=1S/C19H15F7N4O2/c1-9-5-10(18(21,22)23)6-15(27-9)30-14(8-16(31)28-30)17(32)29(2)11-3-4-12(13(20)7-11)19(24,25)26/h3-7,14H,8H2,1-2H3,(H,28,31). The number of carbonyl (C=O) groups is 2. The summed E-state index contributed by atoms with van der Waals surface area (Å²) in [6, 6.07) is 1.90. The second-order valence-corrected chi connectivity index (χ2v) is 7.04. The number of rotatable bonds is 3. The molecule has 1 atom stereocenters. The van der Waals surface area contributed by atoms with E-state index in [-0.39, 0.29) is 17.2 Å². The number of halogens is 7. The number of hydrogen-bond donors (Lipinski definition) is 1. The Balaban J connectivity index is 1.93. The lowest BCUT2D eigenvalue weighted by molar-refractivity contribution is -0.140. The number of nitrogens with zero attached hydrogens (tertiary/aromatic N) is 3. The number of benzene rings is 1. The quantitative estimate of drug-likeness (QED) is 0.702. The van der Waals surface area contributed by atoms with E-state index >= 15 is 0 Å². The normalized spacial score (nSPS) is 16.8. The number of hydrogen-bond acceptors (Lipinski definition) is 4. The highest BCUT2D eigenvalue weighted by Crippen LogP contribution is 2.34. The average molecular weight is 464 g/mol. The van der Waals surface area contributed by atoms with Crippen molar-refractivity contribution >= 4 is 23.3 Å². The van der Waals surface area contributed by atoms with Crippen LogP contribution in [0.1, 0.15) is 23.2 Å². The van der Waals surface area contributed by atoms with Crippen LogP contribution in [0.2, 0.25) is 0 Å². The number of amides is 2. The first-order valence-electron chi connectivity index (χ1n) is 8.97. The Hall–Kier alpha value is -3.38. The SMILES string of the molecule is Cc1cc(C(F)(F)F)cc(N2NC(=O)CC2C(=O)N(C)c2ccc(C(F)(F)F)c(F)c2)n1. The summed E-state index contributed by atoms with van der Waals surface area (Å²) in [4.78, 5) is 29.6. The molecule has 1 aromatic heterocycles. The van der Waals surface area contributed by atoms with Crippen LogP contribution in [0.4, 0.5) is 42.2 Å². The maximum atomic E-state index is 13.9. The van der Waals surface area contributed by atoms with Gasteiger partial charge in [-0.05, 0) is 37.3 Å². The van der Waals surface area contributed by atoms with Gasteiger partial charge in [0, 0.05) is 18.4 Å². The summed E-state index contributed by atoms with van der Waals surface area (Å²) in [5, 5.41) is 0.851. The molecule has 6 nitrogen and oxygen atoms in total. The van der Waals surface area contributed by atoms with E-state index in [9.17, 15) is 40.3 Å². The third-order valence-electron chi connectivity index (χ3n) is 4.71. The summed E-state index contributed by atoms with van der Waals surface area (Å²) in [5.74, 6) is -3.53. The van der Waals surface area contributed by atoms with E-state index in [4.69, 9.17) is 0 Å². The first-order chi connectivity index (χ1) is 14.7. The minimum atomic E-state index is -4.93. The molecule has 3 rings (SSSR count). The van der Waals surface area contributed by atoms with E-state index in [1.807, 2.05) is 0 Å². The van der Waals surface area contributed by atoms with Crippen LogP contribution in [0.25, 0.3) is 0 Å². The molecular formula is C19H15F7N4O2. The maximum absolute atomic E-state index is 13.9. The van der Waals surface area contributed by atoms with Gasteiger partial charge in [0.15, 0.2) is 0 Å². The van der Waals surface area contributed by atoms with Crippen molar-refractivity contribution in [2.24, 2.45) is 0 Å². The second kappa shape index (κ2) is 7.95. The van der Waals surface area contributed by atoms with Crippen molar-refractivity contribution in [3.05, 3.63) is 53.0 Å². The van der Waals surface area contributed by atoms with Gasteiger partial charge in [-0.2, -0.15) is 26.3 Å². The van der Waals surface area contributed by atoms with Crippen molar-refractivity contribution in [3.63, 3.8) is 0 Å². The van der Waals surface area contributed by atoms with E-state index in [1.54, 1.807) is 0 Å². The third kappa shape index (κ3) is 4.60. The fourth-order valence-electron chi connectivity index (χ4n) is 3.17. The molecule has 1 N–H and O–H groups in total. The Morgan fingerprint density at radius 3 is 2.34 bits per heavy atom. The van der Waals surface area contributed by atoms with Crippen molar-refractivity contribution < 1.29 is 40.3 Å². The fraction of sp³-hybridized carbons (Fsp3) is 0.316. The molecule has 1 fully saturated rings. The van der Waals surface area contributed by atoms with Gasteiger partial charge in [-0.1, -0.05) is 0 Å².